The molecule has 5 atom stereocenters. The molecule has 78 valence electrons. The number of hydrogen-bond acceptors (Lipinski definition) is 6. The van der Waals surface area contributed by atoms with Gasteiger partial charge in [-0.15, -0.1) is 0 Å². The number of nitrogens with two attached hydrogens (primary N) is 1. The zero-order chi connectivity index (χ0) is 10.0. The molecule has 6 heteroatoms. The minimum absolute atomic E-state index is 0.0603. The van der Waals surface area contributed by atoms with Crippen LogP contribution in [0.25, 0.3) is 0 Å². The van der Waals surface area contributed by atoms with Crippen LogP contribution in [-0.4, -0.2) is 59.7 Å². The van der Waals surface area contributed by atoms with Gasteiger partial charge in [-0.3, -0.25) is 0 Å². The molecule has 0 aliphatic carbocycles. The van der Waals surface area contributed by atoms with Crippen LogP contribution < -0.4 is 5.73 Å². The fraction of sp³-hybridized carbons (Fsp3) is 1.00. The van der Waals surface area contributed by atoms with E-state index in [4.69, 9.17) is 15.2 Å². The SMILES string of the molecule is COC1OC(CN)C(O)C(O)[C@H]1O. The largest absolute Gasteiger partial charge is 0.388 e. The Labute approximate surface area is 75.9 Å². The number of hydrogen-bond donors (Lipinski definition) is 4. The van der Waals surface area contributed by atoms with E-state index in [2.05, 4.69) is 0 Å². The second-order valence-electron chi connectivity index (χ2n) is 2.99. The van der Waals surface area contributed by atoms with Crippen LogP contribution in [0.4, 0.5) is 0 Å². The molecule has 0 amide bonds. The first-order valence-corrected chi connectivity index (χ1v) is 4.04. The topological polar surface area (TPSA) is 105 Å². The van der Waals surface area contributed by atoms with Crippen molar-refractivity contribution in [3.8, 4) is 0 Å². The van der Waals surface area contributed by atoms with Gasteiger partial charge in [-0.25, -0.2) is 0 Å². The third-order valence-electron chi connectivity index (χ3n) is 2.13. The summed E-state index contributed by atoms with van der Waals surface area (Å²) in [6, 6.07) is 0. The molecule has 0 spiro atoms. The van der Waals surface area contributed by atoms with Crippen molar-refractivity contribution in [3.63, 3.8) is 0 Å². The minimum Gasteiger partial charge on any atom is -0.388 e. The van der Waals surface area contributed by atoms with E-state index in [9.17, 15) is 15.3 Å². The van der Waals surface area contributed by atoms with Crippen molar-refractivity contribution in [2.75, 3.05) is 13.7 Å². The maximum absolute atomic E-state index is 9.35. The van der Waals surface area contributed by atoms with Crippen LogP contribution in [-0.2, 0) is 9.47 Å². The lowest BCUT2D eigenvalue weighted by atomic mass is 9.99. The van der Waals surface area contributed by atoms with Crippen molar-refractivity contribution >= 4 is 0 Å². The summed E-state index contributed by atoms with van der Waals surface area (Å²) in [4.78, 5) is 0. The Kier molecular flexibility index (Phi) is 3.60. The molecule has 0 aromatic carbocycles. The summed E-state index contributed by atoms with van der Waals surface area (Å²) in [5.41, 5.74) is 5.28. The third kappa shape index (κ3) is 1.98. The third-order valence-corrected chi connectivity index (χ3v) is 2.13. The molecule has 0 saturated carbocycles. The van der Waals surface area contributed by atoms with Crippen LogP contribution in [0.3, 0.4) is 0 Å². The smallest absolute Gasteiger partial charge is 0.186 e. The van der Waals surface area contributed by atoms with Crippen molar-refractivity contribution in [1.29, 1.82) is 0 Å². The second-order valence-corrected chi connectivity index (χ2v) is 2.99. The summed E-state index contributed by atoms with van der Waals surface area (Å²) in [6.45, 7) is 0.0603. The molecule has 1 fully saturated rings. The molecule has 13 heavy (non-hydrogen) atoms. The molecule has 0 bridgehead atoms. The van der Waals surface area contributed by atoms with Crippen molar-refractivity contribution in [2.24, 2.45) is 5.73 Å². The Morgan fingerprint density at radius 2 is 1.85 bits per heavy atom. The van der Waals surface area contributed by atoms with Gasteiger partial charge >= 0.3 is 0 Å². The molecule has 1 heterocycles. The van der Waals surface area contributed by atoms with Crippen LogP contribution in [0.5, 0.6) is 0 Å². The molecule has 1 aliphatic rings. The van der Waals surface area contributed by atoms with Gasteiger partial charge in [0.2, 0.25) is 0 Å². The highest BCUT2D eigenvalue weighted by Crippen LogP contribution is 2.20. The highest BCUT2D eigenvalue weighted by atomic mass is 16.7. The first-order chi connectivity index (χ1) is 6.11. The van der Waals surface area contributed by atoms with E-state index in [1.54, 1.807) is 0 Å². The van der Waals surface area contributed by atoms with Crippen molar-refractivity contribution in [2.45, 2.75) is 30.7 Å². The number of aliphatic hydroxyl groups excluding tert-OH is 3. The van der Waals surface area contributed by atoms with Gasteiger partial charge in [0.05, 0.1) is 0 Å². The molecule has 5 N–H and O–H groups in total. The second kappa shape index (κ2) is 4.32. The summed E-state index contributed by atoms with van der Waals surface area (Å²) in [6.07, 6.45) is -5.35. The van der Waals surface area contributed by atoms with Crippen molar-refractivity contribution in [1.82, 2.24) is 0 Å². The highest BCUT2D eigenvalue weighted by molar-refractivity contribution is 4.89. The monoisotopic (exact) mass is 193 g/mol. The average molecular weight is 193 g/mol. The zero-order valence-electron chi connectivity index (χ0n) is 7.33. The molecule has 1 rings (SSSR count). The van der Waals surface area contributed by atoms with Gasteiger partial charge < -0.3 is 30.5 Å². The molecule has 6 nitrogen and oxygen atoms in total. The molecule has 0 radical (unpaired) electrons. The van der Waals surface area contributed by atoms with Gasteiger partial charge in [0.1, 0.15) is 24.4 Å². The molecular formula is C7H15NO5. The van der Waals surface area contributed by atoms with Gasteiger partial charge in [0, 0.05) is 13.7 Å². The Hall–Kier alpha value is -0.240. The predicted octanol–water partition coefficient (Wildman–Crippen LogP) is -2.60. The summed E-state index contributed by atoms with van der Waals surface area (Å²) in [5, 5.41) is 28.0. The van der Waals surface area contributed by atoms with E-state index in [1.807, 2.05) is 0 Å². The van der Waals surface area contributed by atoms with Gasteiger partial charge in [-0.2, -0.15) is 0 Å². The summed E-state index contributed by atoms with van der Waals surface area (Å²) in [7, 11) is 1.34. The quantitative estimate of drug-likeness (QED) is 0.383. The average Bonchev–Trinajstić information content (AvgIpc) is 2.15. The minimum atomic E-state index is -1.28. The van der Waals surface area contributed by atoms with Crippen LogP contribution in [0.1, 0.15) is 0 Å². The maximum atomic E-state index is 9.35. The van der Waals surface area contributed by atoms with Crippen molar-refractivity contribution in [3.05, 3.63) is 0 Å². The highest BCUT2D eigenvalue weighted by Gasteiger charge is 2.43. The van der Waals surface area contributed by atoms with Crippen LogP contribution >= 0.6 is 0 Å². The predicted molar refractivity (Wildman–Crippen MR) is 42.7 cm³/mol. The number of ether oxygens (including phenoxy) is 2. The molecule has 0 aromatic heterocycles. The molecule has 1 aliphatic heterocycles. The van der Waals surface area contributed by atoms with Gasteiger partial charge in [-0.1, -0.05) is 0 Å². The summed E-state index contributed by atoms with van der Waals surface area (Å²) in [5.74, 6) is 0. The van der Waals surface area contributed by atoms with Crippen LogP contribution in [0, 0.1) is 0 Å². The Morgan fingerprint density at radius 3 is 2.31 bits per heavy atom. The summed E-state index contributed by atoms with van der Waals surface area (Å²) >= 11 is 0. The van der Waals surface area contributed by atoms with E-state index in [-0.39, 0.29) is 6.54 Å². The Balaban J connectivity index is 2.66. The van der Waals surface area contributed by atoms with Gasteiger partial charge in [-0.05, 0) is 0 Å². The molecule has 1 saturated heterocycles. The van der Waals surface area contributed by atoms with E-state index >= 15 is 0 Å². The fourth-order valence-electron chi connectivity index (χ4n) is 1.31. The lowest BCUT2D eigenvalue weighted by Crippen LogP contribution is -2.59. The normalized spacial score (nSPS) is 46.4. The van der Waals surface area contributed by atoms with E-state index < -0.39 is 30.7 Å². The Bertz CT molecular complexity index is 147. The Morgan fingerprint density at radius 1 is 1.23 bits per heavy atom. The lowest BCUT2D eigenvalue weighted by Gasteiger charge is -2.39. The number of methoxy groups -OCH3 is 1. The van der Waals surface area contributed by atoms with Gasteiger partial charge in [0.15, 0.2) is 6.29 Å². The molecule has 0 aromatic rings. The molecule has 4 unspecified atom stereocenters. The van der Waals surface area contributed by atoms with Crippen LogP contribution in [0.15, 0.2) is 0 Å². The first-order valence-electron chi connectivity index (χ1n) is 4.04. The lowest BCUT2D eigenvalue weighted by molar-refractivity contribution is -0.287. The number of rotatable bonds is 2. The fourth-order valence-corrected chi connectivity index (χ4v) is 1.31. The van der Waals surface area contributed by atoms with E-state index in [1.165, 1.54) is 7.11 Å². The van der Waals surface area contributed by atoms with Gasteiger partial charge in [0.25, 0.3) is 0 Å². The summed E-state index contributed by atoms with van der Waals surface area (Å²) < 4.78 is 9.83. The zero-order valence-corrected chi connectivity index (χ0v) is 7.33. The first kappa shape index (κ1) is 10.8. The maximum Gasteiger partial charge on any atom is 0.186 e. The number of aliphatic hydroxyl groups is 3. The van der Waals surface area contributed by atoms with Crippen LogP contribution in [0.2, 0.25) is 0 Å². The van der Waals surface area contributed by atoms with Crippen molar-refractivity contribution < 1.29 is 24.8 Å². The van der Waals surface area contributed by atoms with E-state index in [0.29, 0.717) is 0 Å². The molecular weight excluding hydrogens is 178 g/mol. The van der Waals surface area contributed by atoms with E-state index in [0.717, 1.165) is 0 Å². The standard InChI is InChI=1S/C7H15NO5/c1-12-7-6(11)5(10)4(9)3(2-8)13-7/h3-7,9-11H,2,8H2,1H3/t3?,4?,5?,6-,7?/m1/s1.